The van der Waals surface area contributed by atoms with Crippen LogP contribution in [-0.4, -0.2) is 72.4 Å². The number of carbonyl (C=O) groups excluding carboxylic acids is 1. The number of guanidine groups is 1. The van der Waals surface area contributed by atoms with Crippen LogP contribution >= 0.6 is 0 Å². The largest absolute Gasteiger partial charge is 0.368 e. The van der Waals surface area contributed by atoms with Gasteiger partial charge in [-0.05, 0) is 31.1 Å². The summed E-state index contributed by atoms with van der Waals surface area (Å²) in [7, 11) is 0. The third kappa shape index (κ3) is 3.18. The van der Waals surface area contributed by atoms with Gasteiger partial charge in [0, 0.05) is 38.9 Å². The average Bonchev–Trinajstić information content (AvgIpc) is 3.43. The number of hydrogen-bond donors (Lipinski definition) is 3. The Hall–Kier alpha value is -2.94. The number of carbonyl (C=O) groups is 1. The normalized spacial score (nSPS) is 28.7. The van der Waals surface area contributed by atoms with Crippen molar-refractivity contribution in [1.82, 2.24) is 20.5 Å². The SMILES string of the molecule is O=C1NCC2(CCCC2)N2C1=CC1C=NC(Nc3ccc(N4CCNCC4)cn3)=NC12. The van der Waals surface area contributed by atoms with Gasteiger partial charge in [-0.25, -0.2) is 15.0 Å². The molecule has 31 heavy (non-hydrogen) atoms. The number of aliphatic imine (C=N–C) groups is 2. The molecule has 3 N–H and O–H groups in total. The number of hydrogen-bond acceptors (Lipinski definition) is 8. The van der Waals surface area contributed by atoms with Crippen LogP contribution < -0.4 is 20.9 Å². The predicted octanol–water partition coefficient (Wildman–Crippen LogP) is 0.928. The lowest BCUT2D eigenvalue weighted by atomic mass is 9.91. The van der Waals surface area contributed by atoms with E-state index < -0.39 is 0 Å². The zero-order valence-corrected chi connectivity index (χ0v) is 17.5. The molecular formula is C22H28N8O. The van der Waals surface area contributed by atoms with E-state index in [9.17, 15) is 4.79 Å². The molecule has 9 nitrogen and oxygen atoms in total. The molecule has 2 saturated heterocycles. The molecular weight excluding hydrogens is 392 g/mol. The summed E-state index contributed by atoms with van der Waals surface area (Å²) in [5, 5.41) is 9.74. The smallest absolute Gasteiger partial charge is 0.267 e. The van der Waals surface area contributed by atoms with Gasteiger partial charge in [0.2, 0.25) is 5.96 Å². The summed E-state index contributed by atoms with van der Waals surface area (Å²) in [6, 6.07) is 4.07. The van der Waals surface area contributed by atoms with Gasteiger partial charge in [0.15, 0.2) is 0 Å². The summed E-state index contributed by atoms with van der Waals surface area (Å²) in [6.07, 6.45) is 10.3. The quantitative estimate of drug-likeness (QED) is 0.659. The molecule has 1 aromatic rings. The van der Waals surface area contributed by atoms with Gasteiger partial charge in [-0.3, -0.25) is 4.79 Å². The van der Waals surface area contributed by atoms with Gasteiger partial charge in [0.25, 0.3) is 5.91 Å². The van der Waals surface area contributed by atoms with E-state index in [0.717, 1.165) is 56.2 Å². The highest BCUT2D eigenvalue weighted by atomic mass is 16.2. The van der Waals surface area contributed by atoms with E-state index in [1.165, 1.54) is 12.8 Å². The van der Waals surface area contributed by atoms with Gasteiger partial charge in [0.1, 0.15) is 17.7 Å². The molecule has 162 valence electrons. The number of anilines is 2. The molecule has 0 bridgehead atoms. The van der Waals surface area contributed by atoms with Gasteiger partial charge in [-0.2, -0.15) is 0 Å². The second kappa shape index (κ2) is 7.33. The number of amides is 1. The first kappa shape index (κ1) is 18.8. The van der Waals surface area contributed by atoms with Crippen molar-refractivity contribution in [1.29, 1.82) is 0 Å². The van der Waals surface area contributed by atoms with E-state index in [1.54, 1.807) is 0 Å². The number of nitrogens with zero attached hydrogens (tertiary/aromatic N) is 5. The Morgan fingerprint density at radius 3 is 2.77 bits per heavy atom. The van der Waals surface area contributed by atoms with Crippen LogP contribution in [0.1, 0.15) is 25.7 Å². The molecule has 1 aliphatic carbocycles. The van der Waals surface area contributed by atoms with E-state index in [2.05, 4.69) is 41.8 Å². The molecule has 5 aliphatic rings. The fourth-order valence-corrected chi connectivity index (χ4v) is 5.58. The molecule has 5 heterocycles. The van der Waals surface area contributed by atoms with Gasteiger partial charge in [0.05, 0.1) is 23.3 Å². The minimum absolute atomic E-state index is 0.00945. The van der Waals surface area contributed by atoms with E-state index >= 15 is 0 Å². The van der Waals surface area contributed by atoms with Crippen molar-refractivity contribution in [2.24, 2.45) is 15.9 Å². The van der Waals surface area contributed by atoms with Crippen molar-refractivity contribution in [3.63, 3.8) is 0 Å². The summed E-state index contributed by atoms with van der Waals surface area (Å²) in [5.41, 5.74) is 1.88. The van der Waals surface area contributed by atoms with E-state index in [4.69, 9.17) is 4.99 Å². The molecule has 2 unspecified atom stereocenters. The highest BCUT2D eigenvalue weighted by Crippen LogP contribution is 2.45. The van der Waals surface area contributed by atoms with E-state index in [1.807, 2.05) is 24.6 Å². The molecule has 1 saturated carbocycles. The van der Waals surface area contributed by atoms with Crippen molar-refractivity contribution in [3.8, 4) is 0 Å². The lowest BCUT2D eigenvalue weighted by Crippen LogP contribution is -2.62. The first-order valence-corrected chi connectivity index (χ1v) is 11.3. The number of fused-ring (bicyclic) bond motifs is 4. The zero-order valence-electron chi connectivity index (χ0n) is 17.5. The molecule has 9 heteroatoms. The van der Waals surface area contributed by atoms with Gasteiger partial charge in [-0.15, -0.1) is 0 Å². The molecule has 2 atom stereocenters. The minimum atomic E-state index is -0.112. The maximum Gasteiger partial charge on any atom is 0.267 e. The summed E-state index contributed by atoms with van der Waals surface area (Å²) in [6.45, 7) is 4.70. The lowest BCUT2D eigenvalue weighted by Gasteiger charge is -2.48. The summed E-state index contributed by atoms with van der Waals surface area (Å²) >= 11 is 0. The molecule has 6 rings (SSSR count). The minimum Gasteiger partial charge on any atom is -0.368 e. The Bertz CT molecular complexity index is 956. The molecule has 1 amide bonds. The van der Waals surface area contributed by atoms with Gasteiger partial charge in [-0.1, -0.05) is 12.8 Å². The van der Waals surface area contributed by atoms with Crippen LogP contribution in [0.3, 0.4) is 0 Å². The van der Waals surface area contributed by atoms with Crippen molar-refractivity contribution in [2.45, 2.75) is 37.4 Å². The van der Waals surface area contributed by atoms with E-state index in [0.29, 0.717) is 12.5 Å². The molecule has 1 spiro atoms. The van der Waals surface area contributed by atoms with Crippen molar-refractivity contribution in [2.75, 3.05) is 42.9 Å². The molecule has 1 aromatic heterocycles. The Morgan fingerprint density at radius 1 is 1.16 bits per heavy atom. The summed E-state index contributed by atoms with van der Waals surface area (Å²) < 4.78 is 0. The number of pyridine rings is 1. The Labute approximate surface area is 181 Å². The van der Waals surface area contributed by atoms with Crippen molar-refractivity contribution < 1.29 is 4.79 Å². The number of piperazine rings is 2. The van der Waals surface area contributed by atoms with Crippen molar-refractivity contribution >= 4 is 29.6 Å². The third-order valence-electron chi connectivity index (χ3n) is 7.17. The van der Waals surface area contributed by atoms with Crippen LogP contribution in [0.25, 0.3) is 0 Å². The van der Waals surface area contributed by atoms with Crippen LogP contribution in [0.4, 0.5) is 11.5 Å². The van der Waals surface area contributed by atoms with Crippen LogP contribution in [0.2, 0.25) is 0 Å². The standard InChI is InChI=1S/C22H28N8O/c31-20-17-11-15-12-25-21(28-19(15)30(17)22(14-26-20)5-1-2-6-22)27-18-4-3-16(13-24-18)29-9-7-23-8-10-29/h3-4,11-13,15,19,23H,1-2,5-10,14H2,(H,26,31)(H,24,27,28). The fourth-order valence-electron chi connectivity index (χ4n) is 5.58. The lowest BCUT2D eigenvalue weighted by molar-refractivity contribution is -0.123. The monoisotopic (exact) mass is 420 g/mol. The topological polar surface area (TPSA) is 97.2 Å². The maximum atomic E-state index is 12.5. The maximum absolute atomic E-state index is 12.5. The van der Waals surface area contributed by atoms with Gasteiger partial charge < -0.3 is 25.8 Å². The Kier molecular flexibility index (Phi) is 4.45. The average molecular weight is 421 g/mol. The first-order valence-electron chi connectivity index (χ1n) is 11.3. The third-order valence-corrected chi connectivity index (χ3v) is 7.17. The van der Waals surface area contributed by atoms with Crippen molar-refractivity contribution in [3.05, 3.63) is 30.1 Å². The highest BCUT2D eigenvalue weighted by Gasteiger charge is 2.53. The van der Waals surface area contributed by atoms with Crippen LogP contribution in [0, 0.1) is 5.92 Å². The van der Waals surface area contributed by atoms with Crippen LogP contribution in [0.5, 0.6) is 0 Å². The number of nitrogens with one attached hydrogen (secondary N) is 3. The highest BCUT2D eigenvalue weighted by molar-refractivity contribution is 6.01. The summed E-state index contributed by atoms with van der Waals surface area (Å²) in [5.74, 6) is 1.32. The molecule has 0 radical (unpaired) electrons. The first-order chi connectivity index (χ1) is 15.2. The Balaban J connectivity index is 1.21. The molecule has 0 aromatic carbocycles. The number of aromatic nitrogens is 1. The van der Waals surface area contributed by atoms with Gasteiger partial charge >= 0.3 is 0 Å². The van der Waals surface area contributed by atoms with E-state index in [-0.39, 0.29) is 23.5 Å². The Morgan fingerprint density at radius 2 is 2.00 bits per heavy atom. The van der Waals surface area contributed by atoms with Crippen LogP contribution in [-0.2, 0) is 4.79 Å². The van der Waals surface area contributed by atoms with Crippen LogP contribution in [0.15, 0.2) is 40.1 Å². The predicted molar refractivity (Wildman–Crippen MR) is 120 cm³/mol. The second-order valence-electron chi connectivity index (χ2n) is 9.02. The zero-order chi connectivity index (χ0) is 20.8. The number of rotatable bonds is 2. The molecule has 3 fully saturated rings. The summed E-state index contributed by atoms with van der Waals surface area (Å²) in [4.78, 5) is 31.2. The fraction of sp³-hybridized carbons (Fsp3) is 0.545. The molecule has 4 aliphatic heterocycles. The second-order valence-corrected chi connectivity index (χ2v) is 9.02.